The van der Waals surface area contributed by atoms with Gasteiger partial charge in [0.25, 0.3) is 0 Å². The van der Waals surface area contributed by atoms with E-state index in [1.54, 1.807) is 22.9 Å². The first-order chi connectivity index (χ1) is 19.7. The van der Waals surface area contributed by atoms with Crippen LogP contribution in [-0.2, 0) is 22.6 Å². The van der Waals surface area contributed by atoms with E-state index in [0.717, 1.165) is 24.0 Å². The Bertz CT molecular complexity index is 1900. The molecule has 0 spiro atoms. The number of nitrogen functional groups attached to an aromatic ring is 1. The number of sulfonamides is 1. The Morgan fingerprint density at radius 3 is 2.62 bits per heavy atom. The van der Waals surface area contributed by atoms with Gasteiger partial charge in [-0.3, -0.25) is 4.79 Å². The average Bonchev–Trinajstić information content (AvgIpc) is 3.54. The Balaban J connectivity index is 1.45. The van der Waals surface area contributed by atoms with E-state index in [1.807, 2.05) is 6.92 Å². The Morgan fingerprint density at radius 2 is 1.93 bits per heavy atom. The van der Waals surface area contributed by atoms with Crippen molar-refractivity contribution >= 4 is 44.3 Å². The van der Waals surface area contributed by atoms with Crippen LogP contribution in [0, 0.1) is 18.8 Å². The fourth-order valence-corrected chi connectivity index (χ4v) is 5.90. The zero-order chi connectivity index (χ0) is 30.4. The van der Waals surface area contributed by atoms with Gasteiger partial charge in [0.15, 0.2) is 11.4 Å². The van der Waals surface area contributed by atoms with E-state index in [4.69, 9.17) is 17.3 Å². The summed E-state index contributed by atoms with van der Waals surface area (Å²) in [5.41, 5.74) is 7.66. The van der Waals surface area contributed by atoms with E-state index in [2.05, 4.69) is 26.9 Å². The van der Waals surface area contributed by atoms with Crippen LogP contribution in [0.3, 0.4) is 0 Å². The summed E-state index contributed by atoms with van der Waals surface area (Å²) < 4.78 is 66.8. The van der Waals surface area contributed by atoms with Crippen molar-refractivity contribution in [2.75, 3.05) is 25.1 Å². The van der Waals surface area contributed by atoms with Gasteiger partial charge in [0, 0.05) is 30.6 Å². The predicted octanol–water partition coefficient (Wildman–Crippen LogP) is 4.42. The molecule has 5 rings (SSSR count). The van der Waals surface area contributed by atoms with Crippen LogP contribution in [0.25, 0.3) is 11.0 Å². The van der Waals surface area contributed by atoms with Crippen molar-refractivity contribution in [2.24, 2.45) is 0 Å². The monoisotopic (exact) mass is 616 g/mol. The maximum atomic E-state index is 13.3. The molecular weight excluding hydrogens is 593 g/mol. The minimum absolute atomic E-state index is 0.103. The molecule has 4 aromatic rings. The maximum absolute atomic E-state index is 13.3. The van der Waals surface area contributed by atoms with E-state index < -0.39 is 32.6 Å². The summed E-state index contributed by atoms with van der Waals surface area (Å²) in [5.74, 6) is 5.74. The van der Waals surface area contributed by atoms with Gasteiger partial charge in [-0.15, -0.1) is 0 Å². The van der Waals surface area contributed by atoms with Gasteiger partial charge in [-0.2, -0.15) is 22.6 Å². The first-order valence-corrected chi connectivity index (χ1v) is 14.9. The second-order valence-corrected chi connectivity index (χ2v) is 12.4. The summed E-state index contributed by atoms with van der Waals surface area (Å²) in [6, 6.07) is 7.99. The SMILES string of the molecule is Cc1ccc(CC(=O)c2ccc(Cl)c(C(F)(F)F)c2)cc1C#Cc1nn([C@@H]2CCN(S(C)(=O)=O)C2)c2ncnc(N)c12. The van der Waals surface area contributed by atoms with Crippen molar-refractivity contribution in [3.8, 4) is 11.8 Å². The number of fused-ring (bicyclic) bond motifs is 1. The number of nitrogens with zero attached hydrogens (tertiary/aromatic N) is 5. The van der Waals surface area contributed by atoms with Gasteiger partial charge in [-0.25, -0.2) is 23.1 Å². The molecule has 2 aromatic heterocycles. The molecule has 2 aromatic carbocycles. The number of aryl methyl sites for hydroxylation is 1. The molecule has 1 saturated heterocycles. The molecule has 0 saturated carbocycles. The van der Waals surface area contributed by atoms with Gasteiger partial charge in [-0.1, -0.05) is 29.7 Å². The number of alkyl halides is 3. The number of carbonyl (C=O) groups excluding carboxylic acids is 1. The third-order valence-electron chi connectivity index (χ3n) is 7.04. The van der Waals surface area contributed by atoms with E-state index in [-0.39, 0.29) is 30.4 Å². The number of anilines is 1. The lowest BCUT2D eigenvalue weighted by molar-refractivity contribution is -0.137. The van der Waals surface area contributed by atoms with Crippen molar-refractivity contribution in [1.29, 1.82) is 0 Å². The summed E-state index contributed by atoms with van der Waals surface area (Å²) in [6.45, 7) is 2.42. The second kappa shape index (κ2) is 11.0. The molecule has 1 aliphatic rings. The van der Waals surface area contributed by atoms with Crippen molar-refractivity contribution in [1.82, 2.24) is 24.1 Å². The highest BCUT2D eigenvalue weighted by molar-refractivity contribution is 7.88. The van der Waals surface area contributed by atoms with Crippen LogP contribution in [0.1, 0.15) is 50.8 Å². The summed E-state index contributed by atoms with van der Waals surface area (Å²) in [7, 11) is -3.36. The molecule has 0 radical (unpaired) electrons. The van der Waals surface area contributed by atoms with Crippen LogP contribution in [0.4, 0.5) is 19.0 Å². The third kappa shape index (κ3) is 5.97. The molecule has 9 nitrogen and oxygen atoms in total. The lowest BCUT2D eigenvalue weighted by Crippen LogP contribution is -2.28. The molecule has 2 N–H and O–H groups in total. The normalized spacial score (nSPS) is 16.0. The topological polar surface area (TPSA) is 124 Å². The maximum Gasteiger partial charge on any atom is 0.417 e. The second-order valence-electron chi connectivity index (χ2n) is 10.0. The summed E-state index contributed by atoms with van der Waals surface area (Å²) in [4.78, 5) is 21.2. The lowest BCUT2D eigenvalue weighted by atomic mass is 9.98. The van der Waals surface area contributed by atoms with Gasteiger partial charge in [0.1, 0.15) is 17.8 Å². The molecule has 3 heterocycles. The minimum atomic E-state index is -4.68. The first kappa shape index (κ1) is 29.5. The van der Waals surface area contributed by atoms with Crippen molar-refractivity contribution in [3.05, 3.63) is 81.3 Å². The fraction of sp³-hybridized carbons (Fsp3) is 0.286. The number of aromatic nitrogens is 4. The summed E-state index contributed by atoms with van der Waals surface area (Å²) in [5, 5.41) is 4.58. The molecule has 1 atom stereocenters. The van der Waals surface area contributed by atoms with Crippen molar-refractivity contribution < 1.29 is 26.4 Å². The van der Waals surface area contributed by atoms with Crippen molar-refractivity contribution in [3.63, 3.8) is 0 Å². The molecule has 42 heavy (non-hydrogen) atoms. The lowest BCUT2D eigenvalue weighted by Gasteiger charge is -2.13. The Labute approximate surface area is 244 Å². The number of halogens is 4. The molecular formula is C28H24ClF3N6O3S. The number of benzene rings is 2. The highest BCUT2D eigenvalue weighted by Crippen LogP contribution is 2.35. The Hall–Kier alpha value is -3.99. The van der Waals surface area contributed by atoms with Crippen LogP contribution in [0.15, 0.2) is 42.7 Å². The van der Waals surface area contributed by atoms with Gasteiger partial charge in [0.2, 0.25) is 10.0 Å². The molecule has 0 aliphatic carbocycles. The quantitative estimate of drug-likeness (QED) is 0.260. The highest BCUT2D eigenvalue weighted by atomic mass is 35.5. The van der Waals surface area contributed by atoms with Crippen LogP contribution >= 0.6 is 11.6 Å². The van der Waals surface area contributed by atoms with Gasteiger partial charge >= 0.3 is 6.18 Å². The Morgan fingerprint density at radius 1 is 1.17 bits per heavy atom. The smallest absolute Gasteiger partial charge is 0.383 e. The number of carbonyl (C=O) groups is 1. The van der Waals surface area contributed by atoms with Crippen LogP contribution in [-0.4, -0.2) is 57.6 Å². The molecule has 14 heteroatoms. The van der Waals surface area contributed by atoms with E-state index in [0.29, 0.717) is 40.8 Å². The average molecular weight is 617 g/mol. The van der Waals surface area contributed by atoms with E-state index in [1.165, 1.54) is 16.7 Å². The van der Waals surface area contributed by atoms with Crippen LogP contribution < -0.4 is 5.73 Å². The summed E-state index contributed by atoms with van der Waals surface area (Å²) >= 11 is 5.68. The number of rotatable bonds is 5. The largest absolute Gasteiger partial charge is 0.417 e. The zero-order valence-corrected chi connectivity index (χ0v) is 24.0. The molecule has 218 valence electrons. The standard InChI is InChI=1S/C28H24ClF3N6O3S/c1-16-3-4-17(12-24(39)19-5-7-22(29)21(13-19)28(30,31)32)11-18(16)6-8-23-25-26(33)34-15-35-27(25)38(36-23)20-9-10-37(14-20)42(2,40)41/h3-5,7,11,13,15,20H,9-10,12,14H2,1-2H3,(H2,33,34,35)/t20-/m1/s1. The summed E-state index contributed by atoms with van der Waals surface area (Å²) in [6.07, 6.45) is -1.83. The molecule has 0 amide bonds. The number of ketones is 1. The number of hydrogen-bond donors (Lipinski definition) is 1. The molecule has 1 fully saturated rings. The van der Waals surface area contributed by atoms with Crippen LogP contribution in [0.2, 0.25) is 5.02 Å². The highest BCUT2D eigenvalue weighted by Gasteiger charge is 2.34. The predicted molar refractivity (Wildman–Crippen MR) is 151 cm³/mol. The van der Waals surface area contributed by atoms with E-state index in [9.17, 15) is 26.4 Å². The Kier molecular flexibility index (Phi) is 7.74. The minimum Gasteiger partial charge on any atom is -0.383 e. The number of hydrogen-bond acceptors (Lipinski definition) is 7. The van der Waals surface area contributed by atoms with Crippen molar-refractivity contribution in [2.45, 2.75) is 32.0 Å². The number of nitrogens with two attached hydrogens (primary N) is 1. The van der Waals surface area contributed by atoms with Gasteiger partial charge in [-0.05, 0) is 54.7 Å². The molecule has 0 bridgehead atoms. The molecule has 1 aliphatic heterocycles. The van der Waals surface area contributed by atoms with Gasteiger partial charge < -0.3 is 5.73 Å². The molecule has 0 unspecified atom stereocenters. The van der Waals surface area contributed by atoms with Crippen LogP contribution in [0.5, 0.6) is 0 Å². The number of Topliss-reactive ketones (excluding diaryl/α,β-unsaturated/α-hetero) is 1. The third-order valence-corrected chi connectivity index (χ3v) is 8.63. The fourth-order valence-electron chi connectivity index (χ4n) is 4.79. The van der Waals surface area contributed by atoms with Gasteiger partial charge in [0.05, 0.1) is 28.3 Å². The first-order valence-electron chi connectivity index (χ1n) is 12.7. The van der Waals surface area contributed by atoms with E-state index >= 15 is 0 Å². The zero-order valence-electron chi connectivity index (χ0n) is 22.4.